The maximum absolute atomic E-state index is 14.2. The summed E-state index contributed by atoms with van der Waals surface area (Å²) in [5.41, 5.74) is 0.864. The van der Waals surface area contributed by atoms with Crippen molar-refractivity contribution in [3.8, 4) is 5.75 Å². The Hall–Kier alpha value is -3.22. The molecular formula is C23H23F2NO4. The molecule has 5 nitrogen and oxygen atoms in total. The van der Waals surface area contributed by atoms with E-state index in [9.17, 15) is 28.6 Å². The summed E-state index contributed by atoms with van der Waals surface area (Å²) in [6, 6.07) is 7.25. The van der Waals surface area contributed by atoms with Gasteiger partial charge in [0.05, 0.1) is 11.4 Å². The summed E-state index contributed by atoms with van der Waals surface area (Å²) in [4.78, 5) is 25.2. The average Bonchev–Trinajstić information content (AvgIpc) is 2.96. The summed E-state index contributed by atoms with van der Waals surface area (Å²) in [6.45, 7) is 3.59. The van der Waals surface area contributed by atoms with E-state index in [0.717, 1.165) is 31.0 Å². The standard InChI is InChI=1S/C23H23F2NO4/c1-3-4-5-9-16(23(29)30)21-13(2)26(19-12-18(25)20(27)11-17(19)21)22(28)14-7-6-8-15(24)10-14/h6-8,10-12,16,27H,3-5,9H2,1-2H3,(H,29,30). The lowest BCUT2D eigenvalue weighted by Crippen LogP contribution is -2.16. The van der Waals surface area contributed by atoms with Crippen molar-refractivity contribution in [2.75, 3.05) is 0 Å². The number of carboxylic acid groups (broad SMARTS) is 1. The number of phenolic OH excluding ortho intramolecular Hbond substituents is 1. The van der Waals surface area contributed by atoms with Crippen molar-refractivity contribution in [2.45, 2.75) is 45.4 Å². The molecule has 3 rings (SSSR count). The van der Waals surface area contributed by atoms with Crippen LogP contribution in [-0.2, 0) is 4.79 Å². The monoisotopic (exact) mass is 415 g/mol. The number of carbonyl (C=O) groups excluding carboxylic acids is 1. The van der Waals surface area contributed by atoms with Crippen LogP contribution in [0.2, 0.25) is 0 Å². The van der Waals surface area contributed by atoms with Gasteiger partial charge in [-0.3, -0.25) is 14.2 Å². The quantitative estimate of drug-likeness (QED) is 0.509. The molecule has 0 bridgehead atoms. The van der Waals surface area contributed by atoms with Crippen LogP contribution in [0, 0.1) is 18.6 Å². The third-order valence-electron chi connectivity index (χ3n) is 5.34. The number of phenols is 1. The molecule has 1 unspecified atom stereocenters. The highest BCUT2D eigenvalue weighted by Gasteiger charge is 2.30. The number of hydrogen-bond acceptors (Lipinski definition) is 3. The SMILES string of the molecule is CCCCCC(C(=O)O)c1c(C)n(C(=O)c2cccc(F)c2)c2cc(F)c(O)cc12. The molecule has 1 heterocycles. The minimum absolute atomic E-state index is 0.0490. The molecule has 0 fully saturated rings. The summed E-state index contributed by atoms with van der Waals surface area (Å²) in [6.07, 6.45) is 2.78. The first-order chi connectivity index (χ1) is 14.3. The van der Waals surface area contributed by atoms with E-state index >= 15 is 0 Å². The summed E-state index contributed by atoms with van der Waals surface area (Å²) in [7, 11) is 0. The Labute approximate surface area is 172 Å². The van der Waals surface area contributed by atoms with Gasteiger partial charge in [0.1, 0.15) is 5.82 Å². The van der Waals surface area contributed by atoms with Crippen molar-refractivity contribution in [1.82, 2.24) is 4.57 Å². The molecule has 2 aromatic carbocycles. The van der Waals surface area contributed by atoms with Crippen molar-refractivity contribution < 1.29 is 28.6 Å². The normalized spacial score (nSPS) is 12.3. The van der Waals surface area contributed by atoms with Crippen LogP contribution in [0.1, 0.15) is 60.1 Å². The fourth-order valence-electron chi connectivity index (χ4n) is 3.89. The summed E-state index contributed by atoms with van der Waals surface area (Å²) < 4.78 is 29.0. The van der Waals surface area contributed by atoms with E-state index in [2.05, 4.69) is 0 Å². The lowest BCUT2D eigenvalue weighted by atomic mass is 9.91. The maximum atomic E-state index is 14.2. The molecule has 0 amide bonds. The first-order valence-electron chi connectivity index (χ1n) is 9.82. The van der Waals surface area contributed by atoms with Gasteiger partial charge in [-0.2, -0.15) is 0 Å². The van der Waals surface area contributed by atoms with Crippen molar-refractivity contribution in [3.05, 3.63) is 64.9 Å². The molecule has 0 aliphatic rings. The Kier molecular flexibility index (Phi) is 6.20. The average molecular weight is 415 g/mol. The van der Waals surface area contributed by atoms with E-state index in [0.29, 0.717) is 29.5 Å². The van der Waals surface area contributed by atoms with Crippen LogP contribution in [0.3, 0.4) is 0 Å². The number of fused-ring (bicyclic) bond motifs is 1. The molecule has 2 N–H and O–H groups in total. The van der Waals surface area contributed by atoms with Crippen LogP contribution < -0.4 is 0 Å². The smallest absolute Gasteiger partial charge is 0.311 e. The number of aromatic hydroxyl groups is 1. The highest BCUT2D eigenvalue weighted by molar-refractivity contribution is 6.05. The van der Waals surface area contributed by atoms with Crippen molar-refractivity contribution in [3.63, 3.8) is 0 Å². The fourth-order valence-corrected chi connectivity index (χ4v) is 3.89. The van der Waals surface area contributed by atoms with E-state index in [-0.39, 0.29) is 11.1 Å². The molecule has 0 radical (unpaired) electrons. The van der Waals surface area contributed by atoms with Crippen LogP contribution >= 0.6 is 0 Å². The van der Waals surface area contributed by atoms with Crippen molar-refractivity contribution >= 4 is 22.8 Å². The molecule has 0 saturated carbocycles. The number of benzene rings is 2. The zero-order chi connectivity index (χ0) is 22.0. The topological polar surface area (TPSA) is 79.5 Å². The van der Waals surface area contributed by atoms with Gasteiger partial charge in [-0.25, -0.2) is 8.78 Å². The van der Waals surface area contributed by atoms with E-state index in [4.69, 9.17) is 0 Å². The van der Waals surface area contributed by atoms with Gasteiger partial charge < -0.3 is 10.2 Å². The number of carbonyl (C=O) groups is 2. The molecule has 1 atom stereocenters. The number of rotatable bonds is 7. The molecule has 7 heteroatoms. The number of carboxylic acids is 1. The van der Waals surface area contributed by atoms with Gasteiger partial charge in [-0.05, 0) is 43.2 Å². The zero-order valence-electron chi connectivity index (χ0n) is 16.8. The molecular weight excluding hydrogens is 392 g/mol. The number of unbranched alkanes of at least 4 members (excludes halogenated alkanes) is 2. The largest absolute Gasteiger partial charge is 0.505 e. The van der Waals surface area contributed by atoms with E-state index in [1.807, 2.05) is 6.92 Å². The number of aromatic nitrogens is 1. The number of halogens is 2. The first-order valence-corrected chi connectivity index (χ1v) is 9.82. The maximum Gasteiger partial charge on any atom is 0.311 e. The second kappa shape index (κ2) is 8.65. The van der Waals surface area contributed by atoms with Gasteiger partial charge in [0.2, 0.25) is 0 Å². The third kappa shape index (κ3) is 3.92. The van der Waals surface area contributed by atoms with Crippen LogP contribution in [0.5, 0.6) is 5.75 Å². The highest BCUT2D eigenvalue weighted by Crippen LogP contribution is 2.38. The van der Waals surface area contributed by atoms with Gasteiger partial charge in [0.25, 0.3) is 5.91 Å². The fraction of sp³-hybridized carbons (Fsp3) is 0.304. The van der Waals surface area contributed by atoms with Crippen LogP contribution in [0.4, 0.5) is 8.78 Å². The summed E-state index contributed by atoms with van der Waals surface area (Å²) >= 11 is 0. The minimum Gasteiger partial charge on any atom is -0.505 e. The predicted molar refractivity (Wildman–Crippen MR) is 109 cm³/mol. The minimum atomic E-state index is -1.06. The molecule has 0 aliphatic heterocycles. The van der Waals surface area contributed by atoms with Gasteiger partial charge in [-0.1, -0.05) is 32.3 Å². The highest BCUT2D eigenvalue weighted by atomic mass is 19.1. The van der Waals surface area contributed by atoms with Gasteiger partial charge in [0, 0.05) is 22.7 Å². The molecule has 158 valence electrons. The van der Waals surface area contributed by atoms with Crippen LogP contribution in [-0.4, -0.2) is 26.7 Å². The molecule has 0 spiro atoms. The second-order valence-corrected chi connectivity index (χ2v) is 7.36. The Balaban J connectivity index is 2.25. The van der Waals surface area contributed by atoms with Crippen molar-refractivity contribution in [1.29, 1.82) is 0 Å². The summed E-state index contributed by atoms with van der Waals surface area (Å²) in [5.74, 6) is -4.75. The van der Waals surface area contributed by atoms with Gasteiger partial charge >= 0.3 is 5.97 Å². The first kappa shape index (κ1) is 21.5. The van der Waals surface area contributed by atoms with Gasteiger partial charge in [0.15, 0.2) is 11.6 Å². The third-order valence-corrected chi connectivity index (χ3v) is 5.34. The number of aliphatic carboxylic acids is 1. The van der Waals surface area contributed by atoms with E-state index < -0.39 is 35.2 Å². The van der Waals surface area contributed by atoms with E-state index in [1.54, 1.807) is 6.92 Å². The molecule has 3 aromatic rings. The number of hydrogen-bond donors (Lipinski definition) is 2. The van der Waals surface area contributed by atoms with Gasteiger partial charge in [-0.15, -0.1) is 0 Å². The van der Waals surface area contributed by atoms with Crippen LogP contribution in [0.25, 0.3) is 10.9 Å². The molecule has 0 aliphatic carbocycles. The molecule has 1 aromatic heterocycles. The Bertz CT molecular complexity index is 1120. The zero-order valence-corrected chi connectivity index (χ0v) is 16.8. The van der Waals surface area contributed by atoms with Crippen molar-refractivity contribution in [2.24, 2.45) is 0 Å². The summed E-state index contributed by atoms with van der Waals surface area (Å²) in [5, 5.41) is 20.0. The number of nitrogens with zero attached hydrogens (tertiary/aromatic N) is 1. The second-order valence-electron chi connectivity index (χ2n) is 7.36. The van der Waals surface area contributed by atoms with Crippen LogP contribution in [0.15, 0.2) is 36.4 Å². The molecule has 0 saturated heterocycles. The predicted octanol–water partition coefficient (Wildman–Crippen LogP) is 5.37. The molecule has 30 heavy (non-hydrogen) atoms. The Morgan fingerprint density at radius 3 is 2.50 bits per heavy atom. The Morgan fingerprint density at radius 1 is 1.13 bits per heavy atom. The Morgan fingerprint density at radius 2 is 1.87 bits per heavy atom. The lowest BCUT2D eigenvalue weighted by molar-refractivity contribution is -0.139. The van der Waals surface area contributed by atoms with E-state index in [1.165, 1.54) is 22.8 Å². The lowest BCUT2D eigenvalue weighted by Gasteiger charge is -2.14.